The van der Waals surface area contributed by atoms with Crippen LogP contribution < -0.4 is 9.64 Å². The van der Waals surface area contributed by atoms with E-state index in [4.69, 9.17) is 4.74 Å². The predicted octanol–water partition coefficient (Wildman–Crippen LogP) is 3.52. The van der Waals surface area contributed by atoms with Crippen molar-refractivity contribution in [1.82, 2.24) is 0 Å². The Morgan fingerprint density at radius 1 is 1.08 bits per heavy atom. The zero-order chi connectivity index (χ0) is 18.5. The Morgan fingerprint density at radius 3 is 2.38 bits per heavy atom. The van der Waals surface area contributed by atoms with Crippen LogP contribution in [0.15, 0.2) is 70.6 Å². The zero-order valence-electron chi connectivity index (χ0n) is 14.2. The topological polar surface area (TPSA) is 68.2 Å². The fraction of sp³-hybridized carbons (Fsp3) is 0.105. The van der Waals surface area contributed by atoms with Gasteiger partial charge in [-0.25, -0.2) is 9.79 Å². The van der Waals surface area contributed by atoms with Gasteiger partial charge in [-0.1, -0.05) is 18.2 Å². The summed E-state index contributed by atoms with van der Waals surface area (Å²) in [6.07, 6.45) is 1.18. The molecule has 0 unspecified atom stereocenters. The van der Waals surface area contributed by atoms with Crippen molar-refractivity contribution in [1.29, 1.82) is 0 Å². The van der Waals surface area contributed by atoms with Gasteiger partial charge in [0.2, 0.25) is 0 Å². The number of amides is 1. The van der Waals surface area contributed by atoms with Crippen LogP contribution in [-0.2, 0) is 14.3 Å². The predicted molar refractivity (Wildman–Crippen MR) is 102 cm³/mol. The lowest BCUT2D eigenvalue weighted by atomic mass is 10.2. The van der Waals surface area contributed by atoms with Crippen LogP contribution in [0.3, 0.4) is 0 Å². The molecule has 1 saturated heterocycles. The summed E-state index contributed by atoms with van der Waals surface area (Å²) >= 11 is 1.13. The summed E-state index contributed by atoms with van der Waals surface area (Å²) in [5, 5.41) is 0.460. The van der Waals surface area contributed by atoms with E-state index in [1.54, 1.807) is 31.4 Å². The highest BCUT2D eigenvalue weighted by molar-refractivity contribution is 8.19. The van der Waals surface area contributed by atoms with Gasteiger partial charge in [-0.05, 0) is 48.2 Å². The molecule has 1 amide bonds. The maximum absolute atomic E-state index is 12.8. The molecule has 0 spiro atoms. The van der Waals surface area contributed by atoms with Crippen molar-refractivity contribution in [2.45, 2.75) is 0 Å². The maximum atomic E-state index is 12.8. The second-order valence-electron chi connectivity index (χ2n) is 5.20. The number of nitrogens with zero attached hydrogens (tertiary/aromatic N) is 2. The van der Waals surface area contributed by atoms with Gasteiger partial charge in [-0.15, -0.1) is 0 Å². The van der Waals surface area contributed by atoms with Gasteiger partial charge in [-0.2, -0.15) is 0 Å². The summed E-state index contributed by atoms with van der Waals surface area (Å²) in [6.45, 7) is 0. The van der Waals surface area contributed by atoms with Crippen LogP contribution in [0, 0.1) is 0 Å². The largest absolute Gasteiger partial charge is 0.497 e. The van der Waals surface area contributed by atoms with Crippen LogP contribution in [0.2, 0.25) is 0 Å². The van der Waals surface area contributed by atoms with Gasteiger partial charge < -0.3 is 9.47 Å². The normalized spacial score (nSPS) is 17.0. The first-order valence-corrected chi connectivity index (χ1v) is 8.54. The van der Waals surface area contributed by atoms with Crippen molar-refractivity contribution >= 4 is 40.2 Å². The quantitative estimate of drug-likeness (QED) is 0.610. The van der Waals surface area contributed by atoms with E-state index in [0.717, 1.165) is 11.8 Å². The van der Waals surface area contributed by atoms with E-state index in [1.807, 2.05) is 30.3 Å². The van der Waals surface area contributed by atoms with Gasteiger partial charge in [-0.3, -0.25) is 9.69 Å². The number of anilines is 1. The molecule has 3 rings (SSSR count). The van der Waals surface area contributed by atoms with Crippen LogP contribution in [0.25, 0.3) is 0 Å². The number of rotatable bonds is 4. The molecule has 0 radical (unpaired) electrons. The first-order chi connectivity index (χ1) is 12.6. The minimum atomic E-state index is -0.587. The standard InChI is InChI=1S/C19H16N2O4S/c1-24-15-10-8-14(9-11-15)21-18(23)16(12-17(22)25-2)26-19(21)20-13-6-4-3-5-7-13/h3-12H,1-2H3/b16-12-,20-19?. The smallest absolute Gasteiger partial charge is 0.331 e. The van der Waals surface area contributed by atoms with Crippen LogP contribution >= 0.6 is 11.8 Å². The Kier molecular flexibility index (Phi) is 5.38. The Hall–Kier alpha value is -3.06. The van der Waals surface area contributed by atoms with Crippen molar-refractivity contribution in [2.24, 2.45) is 4.99 Å². The first-order valence-electron chi connectivity index (χ1n) is 7.72. The third-order valence-electron chi connectivity index (χ3n) is 3.57. The van der Waals surface area contributed by atoms with Gasteiger partial charge in [0, 0.05) is 6.08 Å². The summed E-state index contributed by atoms with van der Waals surface area (Å²) in [5.74, 6) is -0.239. The third kappa shape index (κ3) is 3.78. The van der Waals surface area contributed by atoms with Crippen molar-refractivity contribution in [3.05, 3.63) is 65.6 Å². The highest BCUT2D eigenvalue weighted by atomic mass is 32.2. The molecule has 0 bridgehead atoms. The summed E-state index contributed by atoms with van der Waals surface area (Å²) < 4.78 is 9.79. The van der Waals surface area contributed by atoms with Gasteiger partial charge in [0.15, 0.2) is 5.17 Å². The SMILES string of the molecule is COC(=O)/C=C1\SC(=Nc2ccccc2)N(c2ccc(OC)cc2)C1=O. The van der Waals surface area contributed by atoms with E-state index < -0.39 is 5.97 Å². The highest BCUT2D eigenvalue weighted by Crippen LogP contribution is 2.36. The zero-order valence-corrected chi connectivity index (χ0v) is 15.0. The summed E-state index contributed by atoms with van der Waals surface area (Å²) in [7, 11) is 2.84. The van der Waals surface area contributed by atoms with E-state index in [0.29, 0.717) is 22.3 Å². The number of para-hydroxylation sites is 1. The lowest BCUT2D eigenvalue weighted by Crippen LogP contribution is -2.28. The highest BCUT2D eigenvalue weighted by Gasteiger charge is 2.35. The molecule has 132 valence electrons. The number of amidine groups is 1. The monoisotopic (exact) mass is 368 g/mol. The molecule has 0 aliphatic carbocycles. The van der Waals surface area contributed by atoms with Gasteiger partial charge in [0.25, 0.3) is 5.91 Å². The second kappa shape index (κ2) is 7.88. The number of carbonyl (C=O) groups is 2. The van der Waals surface area contributed by atoms with Gasteiger partial charge >= 0.3 is 5.97 Å². The first kappa shape index (κ1) is 17.8. The van der Waals surface area contributed by atoms with Gasteiger partial charge in [0.1, 0.15) is 5.75 Å². The second-order valence-corrected chi connectivity index (χ2v) is 6.21. The molecule has 2 aromatic rings. The number of hydrogen-bond acceptors (Lipinski definition) is 6. The Bertz CT molecular complexity index is 876. The van der Waals surface area contributed by atoms with Crippen molar-refractivity contribution in [2.75, 3.05) is 19.1 Å². The molecule has 0 aromatic heterocycles. The van der Waals surface area contributed by atoms with Crippen molar-refractivity contribution in [3.8, 4) is 5.75 Å². The molecule has 1 fully saturated rings. The number of benzene rings is 2. The molecule has 1 aliphatic rings. The number of esters is 1. The summed E-state index contributed by atoms with van der Waals surface area (Å²) in [4.78, 5) is 30.7. The molecule has 0 saturated carbocycles. The number of thioether (sulfide) groups is 1. The summed E-state index contributed by atoms with van der Waals surface area (Å²) in [5.41, 5.74) is 1.34. The Morgan fingerprint density at radius 2 is 1.77 bits per heavy atom. The molecule has 6 nitrogen and oxygen atoms in total. The molecule has 0 atom stereocenters. The number of aliphatic imine (C=N–C) groups is 1. The molecule has 26 heavy (non-hydrogen) atoms. The van der Waals surface area contributed by atoms with E-state index in [-0.39, 0.29) is 10.8 Å². The number of methoxy groups -OCH3 is 2. The summed E-state index contributed by atoms with van der Waals surface area (Å²) in [6, 6.07) is 16.3. The third-order valence-corrected chi connectivity index (χ3v) is 4.54. The average molecular weight is 368 g/mol. The Labute approximate surface area is 155 Å². The van der Waals surface area contributed by atoms with Crippen LogP contribution in [-0.4, -0.2) is 31.3 Å². The molecular weight excluding hydrogens is 352 g/mol. The van der Waals surface area contributed by atoms with E-state index in [1.165, 1.54) is 18.1 Å². The van der Waals surface area contributed by atoms with E-state index >= 15 is 0 Å². The minimum Gasteiger partial charge on any atom is -0.497 e. The number of hydrogen-bond donors (Lipinski definition) is 0. The van der Waals surface area contributed by atoms with Crippen LogP contribution in [0.5, 0.6) is 5.75 Å². The minimum absolute atomic E-state index is 0.252. The average Bonchev–Trinajstić information content (AvgIpc) is 2.97. The molecular formula is C19H16N2O4S. The fourth-order valence-corrected chi connectivity index (χ4v) is 3.25. The lowest BCUT2D eigenvalue weighted by Gasteiger charge is -2.16. The van der Waals surface area contributed by atoms with Crippen molar-refractivity contribution < 1.29 is 19.1 Å². The molecule has 2 aromatic carbocycles. The van der Waals surface area contributed by atoms with Crippen molar-refractivity contribution in [3.63, 3.8) is 0 Å². The van der Waals surface area contributed by atoms with Gasteiger partial charge in [0.05, 0.1) is 30.5 Å². The molecule has 0 N–H and O–H groups in total. The van der Waals surface area contributed by atoms with E-state index in [2.05, 4.69) is 9.73 Å². The number of ether oxygens (including phenoxy) is 2. The molecule has 1 aliphatic heterocycles. The number of carbonyl (C=O) groups excluding carboxylic acids is 2. The maximum Gasteiger partial charge on any atom is 0.331 e. The van der Waals surface area contributed by atoms with E-state index in [9.17, 15) is 9.59 Å². The molecule has 7 heteroatoms. The molecule has 1 heterocycles. The Balaban J connectivity index is 2.03. The lowest BCUT2D eigenvalue weighted by molar-refractivity contribution is -0.135. The van der Waals surface area contributed by atoms with Crippen LogP contribution in [0.1, 0.15) is 0 Å². The fourth-order valence-electron chi connectivity index (χ4n) is 2.29. The van der Waals surface area contributed by atoms with Crippen LogP contribution in [0.4, 0.5) is 11.4 Å².